The highest BCUT2D eigenvalue weighted by molar-refractivity contribution is 9.10. The highest BCUT2D eigenvalue weighted by atomic mass is 79.9. The first-order chi connectivity index (χ1) is 15.1. The maximum atomic E-state index is 4.79. The van der Waals surface area contributed by atoms with E-state index in [2.05, 4.69) is 57.6 Å². The van der Waals surface area contributed by atoms with Gasteiger partial charge in [-0.05, 0) is 36.6 Å². The molecule has 4 aromatic rings. The summed E-state index contributed by atoms with van der Waals surface area (Å²) in [5.41, 5.74) is 9.24. The molecule has 1 heterocycles. The van der Waals surface area contributed by atoms with Crippen LogP contribution in [0.5, 0.6) is 0 Å². The molecule has 3 aromatic carbocycles. The van der Waals surface area contributed by atoms with Crippen molar-refractivity contribution in [3.8, 4) is 22.6 Å². The van der Waals surface area contributed by atoms with Crippen LogP contribution in [-0.2, 0) is 6.42 Å². The Morgan fingerprint density at radius 1 is 0.871 bits per heavy atom. The molecule has 5 heteroatoms. The Bertz CT molecular complexity index is 1180. The van der Waals surface area contributed by atoms with Gasteiger partial charge in [0.05, 0.1) is 11.4 Å². The molecule has 0 aliphatic rings. The number of hydrogen-bond donors (Lipinski definition) is 1. The molecule has 154 valence electrons. The van der Waals surface area contributed by atoms with Gasteiger partial charge in [0, 0.05) is 21.7 Å². The summed E-state index contributed by atoms with van der Waals surface area (Å²) in [7, 11) is 0. The van der Waals surface area contributed by atoms with Crippen molar-refractivity contribution in [2.24, 2.45) is 5.10 Å². The number of rotatable bonds is 6. The van der Waals surface area contributed by atoms with Gasteiger partial charge in [-0.25, -0.2) is 9.97 Å². The first-order valence-electron chi connectivity index (χ1n) is 10.2. The zero-order chi connectivity index (χ0) is 21.6. The van der Waals surface area contributed by atoms with E-state index in [9.17, 15) is 0 Å². The molecule has 0 atom stereocenters. The minimum atomic E-state index is 0.649. The van der Waals surface area contributed by atoms with Gasteiger partial charge in [-0.2, -0.15) is 5.10 Å². The fourth-order valence-corrected chi connectivity index (χ4v) is 3.44. The number of nitrogens with one attached hydrogen (secondary N) is 1. The number of halogens is 1. The fourth-order valence-electron chi connectivity index (χ4n) is 3.18. The Labute approximate surface area is 191 Å². The lowest BCUT2D eigenvalue weighted by Crippen LogP contribution is -2.03. The zero-order valence-electron chi connectivity index (χ0n) is 17.5. The van der Waals surface area contributed by atoms with Crippen LogP contribution in [0.15, 0.2) is 94.5 Å². The summed E-state index contributed by atoms with van der Waals surface area (Å²) in [4.78, 5) is 9.50. The van der Waals surface area contributed by atoms with Crippen LogP contribution in [0.25, 0.3) is 22.6 Å². The Morgan fingerprint density at radius 3 is 2.26 bits per heavy atom. The largest absolute Gasteiger partial charge is 0.261 e. The average Bonchev–Trinajstić information content (AvgIpc) is 2.83. The van der Waals surface area contributed by atoms with Crippen LogP contribution < -0.4 is 5.43 Å². The van der Waals surface area contributed by atoms with Gasteiger partial charge in [-0.3, -0.25) is 5.43 Å². The summed E-state index contributed by atoms with van der Waals surface area (Å²) < 4.78 is 1.02. The van der Waals surface area contributed by atoms with E-state index >= 15 is 0 Å². The lowest BCUT2D eigenvalue weighted by Gasteiger charge is -2.09. The van der Waals surface area contributed by atoms with Gasteiger partial charge in [0.1, 0.15) is 0 Å². The lowest BCUT2D eigenvalue weighted by molar-refractivity contribution is 1.14. The molecule has 0 saturated heterocycles. The van der Waals surface area contributed by atoms with E-state index in [-0.39, 0.29) is 0 Å². The number of hydrogen-bond acceptors (Lipinski definition) is 4. The second-order valence-electron chi connectivity index (χ2n) is 7.19. The molecule has 1 aromatic heterocycles. The van der Waals surface area contributed by atoms with Crippen LogP contribution >= 0.6 is 15.9 Å². The number of aromatic nitrogens is 2. The third-order valence-electron chi connectivity index (χ3n) is 5.02. The van der Waals surface area contributed by atoms with Crippen molar-refractivity contribution in [2.45, 2.75) is 20.3 Å². The number of nitrogens with zero attached hydrogens (tertiary/aromatic N) is 3. The summed E-state index contributed by atoms with van der Waals surface area (Å²) >= 11 is 3.48. The molecule has 0 saturated carbocycles. The molecule has 0 aliphatic heterocycles. The fraction of sp³-hybridized carbons (Fsp3) is 0.115. The predicted octanol–water partition coefficient (Wildman–Crippen LogP) is 6.97. The minimum Gasteiger partial charge on any atom is -0.261 e. The van der Waals surface area contributed by atoms with E-state index in [1.165, 1.54) is 5.56 Å². The van der Waals surface area contributed by atoms with E-state index < -0.39 is 0 Å². The van der Waals surface area contributed by atoms with Gasteiger partial charge < -0.3 is 0 Å². The molecule has 0 amide bonds. The Morgan fingerprint density at radius 2 is 1.58 bits per heavy atom. The van der Waals surface area contributed by atoms with Gasteiger partial charge in [-0.15, -0.1) is 0 Å². The highest BCUT2D eigenvalue weighted by Gasteiger charge is 2.09. The summed E-state index contributed by atoms with van der Waals surface area (Å²) in [6.45, 7) is 4.14. The first-order valence-corrected chi connectivity index (χ1v) is 11.0. The Kier molecular flexibility index (Phi) is 6.53. The highest BCUT2D eigenvalue weighted by Crippen LogP contribution is 2.25. The van der Waals surface area contributed by atoms with E-state index in [0.717, 1.165) is 39.0 Å². The first kappa shape index (κ1) is 20.9. The molecule has 31 heavy (non-hydrogen) atoms. The molecule has 0 spiro atoms. The monoisotopic (exact) mass is 470 g/mol. The topological polar surface area (TPSA) is 50.2 Å². The minimum absolute atomic E-state index is 0.649. The number of aryl methyl sites for hydroxylation is 1. The van der Waals surface area contributed by atoms with Crippen LogP contribution in [-0.4, -0.2) is 15.7 Å². The van der Waals surface area contributed by atoms with Gasteiger partial charge in [0.25, 0.3) is 0 Å². The van der Waals surface area contributed by atoms with Crippen LogP contribution in [0, 0.1) is 0 Å². The normalized spacial score (nSPS) is 11.4. The van der Waals surface area contributed by atoms with E-state index in [1.807, 2.05) is 67.6 Å². The smallest absolute Gasteiger partial charge is 0.162 e. The molecule has 4 nitrogen and oxygen atoms in total. The van der Waals surface area contributed by atoms with E-state index in [0.29, 0.717) is 11.6 Å². The number of anilines is 1. The van der Waals surface area contributed by atoms with E-state index in [4.69, 9.17) is 9.97 Å². The van der Waals surface area contributed by atoms with Gasteiger partial charge in [0.2, 0.25) is 0 Å². The van der Waals surface area contributed by atoms with Crippen molar-refractivity contribution < 1.29 is 0 Å². The van der Waals surface area contributed by atoms with Gasteiger partial charge in [-0.1, -0.05) is 89.6 Å². The summed E-state index contributed by atoms with van der Waals surface area (Å²) in [5.74, 6) is 1.30. The SMILES string of the molecule is CCc1ccc(C(C)=NNc2cc(-c3ccccc3)nc(-c3ccc(Br)cc3)n2)cc1. The molecular weight excluding hydrogens is 448 g/mol. The molecule has 1 N–H and O–H groups in total. The van der Waals surface area contributed by atoms with Gasteiger partial charge in [0.15, 0.2) is 11.6 Å². The predicted molar refractivity (Wildman–Crippen MR) is 132 cm³/mol. The quantitative estimate of drug-likeness (QED) is 0.244. The molecule has 0 aliphatic carbocycles. The zero-order valence-corrected chi connectivity index (χ0v) is 19.1. The van der Waals surface area contributed by atoms with Crippen molar-refractivity contribution in [1.29, 1.82) is 0 Å². The number of hydrazone groups is 1. The third kappa shape index (κ3) is 5.25. The molecule has 0 fully saturated rings. The Hall–Kier alpha value is -3.31. The van der Waals surface area contributed by atoms with Crippen molar-refractivity contribution in [1.82, 2.24) is 9.97 Å². The summed E-state index contributed by atoms with van der Waals surface area (Å²) in [5, 5.41) is 4.57. The van der Waals surface area contributed by atoms with Crippen LogP contribution in [0.4, 0.5) is 5.82 Å². The van der Waals surface area contributed by atoms with Crippen molar-refractivity contribution in [2.75, 3.05) is 5.43 Å². The van der Waals surface area contributed by atoms with Crippen molar-refractivity contribution >= 4 is 27.5 Å². The average molecular weight is 471 g/mol. The van der Waals surface area contributed by atoms with Crippen LogP contribution in [0.2, 0.25) is 0 Å². The molecule has 0 unspecified atom stereocenters. The third-order valence-corrected chi connectivity index (χ3v) is 5.54. The van der Waals surface area contributed by atoms with Crippen molar-refractivity contribution in [3.63, 3.8) is 0 Å². The molecule has 4 rings (SSSR count). The van der Waals surface area contributed by atoms with Crippen molar-refractivity contribution in [3.05, 3.63) is 101 Å². The van der Waals surface area contributed by atoms with Gasteiger partial charge >= 0.3 is 0 Å². The van der Waals surface area contributed by atoms with Crippen LogP contribution in [0.1, 0.15) is 25.0 Å². The summed E-state index contributed by atoms with van der Waals surface area (Å²) in [6.07, 6.45) is 1.02. The van der Waals surface area contributed by atoms with Crippen LogP contribution in [0.3, 0.4) is 0 Å². The number of benzene rings is 3. The Balaban J connectivity index is 1.68. The van der Waals surface area contributed by atoms with E-state index in [1.54, 1.807) is 0 Å². The summed E-state index contributed by atoms with van der Waals surface area (Å²) in [6, 6.07) is 28.5. The standard InChI is InChI=1S/C26H23BrN4/c1-3-19-9-11-20(12-10-19)18(2)30-31-25-17-24(21-7-5-4-6-8-21)28-26(29-25)22-13-15-23(27)16-14-22/h4-17H,3H2,1-2H3,(H,28,29,31). The lowest BCUT2D eigenvalue weighted by atomic mass is 10.1. The second-order valence-corrected chi connectivity index (χ2v) is 8.11. The molecule has 0 radical (unpaired) electrons. The second kappa shape index (κ2) is 9.67. The molecule has 0 bridgehead atoms. The maximum absolute atomic E-state index is 4.79. The maximum Gasteiger partial charge on any atom is 0.162 e. The molecular formula is C26H23BrN4.